The predicted octanol–water partition coefficient (Wildman–Crippen LogP) is 4.69. The lowest BCUT2D eigenvalue weighted by Crippen LogP contribution is -2.62. The molecule has 0 rings (SSSR count). The van der Waals surface area contributed by atoms with E-state index in [1.165, 1.54) is 0 Å². The molecule has 2 N–H and O–H groups in total. The van der Waals surface area contributed by atoms with Gasteiger partial charge in [-0.2, -0.15) is 0 Å². The zero-order valence-corrected chi connectivity index (χ0v) is 22.1. The van der Waals surface area contributed by atoms with Crippen molar-refractivity contribution < 1.29 is 17.1 Å². The Bertz CT molecular complexity index is 449. The minimum atomic E-state index is -3.04. The van der Waals surface area contributed by atoms with E-state index in [-0.39, 0.29) is 5.54 Å². The summed E-state index contributed by atoms with van der Waals surface area (Å²) < 4.78 is 20.2. The van der Waals surface area contributed by atoms with Gasteiger partial charge < -0.3 is 18.1 Å². The Labute approximate surface area is 159 Å². The minimum absolute atomic E-state index is 0.0647. The minimum Gasteiger partial charge on any atom is -0.417 e. The molecule has 0 saturated heterocycles. The van der Waals surface area contributed by atoms with Gasteiger partial charge in [0.1, 0.15) is 0 Å². The first-order chi connectivity index (χ1) is 10.9. The zero-order chi connectivity index (χ0) is 20.3. The molecule has 0 heterocycles. The van der Waals surface area contributed by atoms with Crippen molar-refractivity contribution in [2.75, 3.05) is 0 Å². The summed E-state index contributed by atoms with van der Waals surface area (Å²) in [6, 6.07) is 0. The largest absolute Gasteiger partial charge is 0.476 e. The third kappa shape index (κ3) is 10.0. The number of amides is 1. The lowest BCUT2D eigenvalue weighted by atomic mass is 10.2. The van der Waals surface area contributed by atoms with Gasteiger partial charge in [-0.1, -0.05) is 13.0 Å². The number of primary amides is 1. The Morgan fingerprint density at radius 2 is 1.20 bits per heavy atom. The molecule has 1 unspecified atom stereocenters. The lowest BCUT2D eigenvalue weighted by Gasteiger charge is -2.45. The molecule has 0 aliphatic rings. The van der Waals surface area contributed by atoms with Crippen molar-refractivity contribution in [3.05, 3.63) is 11.6 Å². The van der Waals surface area contributed by atoms with E-state index in [2.05, 4.69) is 65.8 Å². The van der Waals surface area contributed by atoms with Gasteiger partial charge in [0.25, 0.3) is 0 Å². The molecule has 0 aromatic carbocycles. The first kappa shape index (κ1) is 25.0. The molecular weight excluding hydrogens is 383 g/mol. The summed E-state index contributed by atoms with van der Waals surface area (Å²) in [5.41, 5.74) is 5.95. The van der Waals surface area contributed by atoms with Crippen molar-refractivity contribution in [1.82, 2.24) is 0 Å². The average Bonchev–Trinajstić information content (AvgIpc) is 2.28. The van der Waals surface area contributed by atoms with Crippen molar-refractivity contribution in [2.45, 2.75) is 84.7 Å². The van der Waals surface area contributed by atoms with Crippen LogP contribution in [0, 0.1) is 0 Å². The van der Waals surface area contributed by atoms with E-state index in [4.69, 9.17) is 18.1 Å². The molecule has 0 bridgehead atoms. The van der Waals surface area contributed by atoms with Crippen LogP contribution in [-0.4, -0.2) is 39.7 Å². The monoisotopic (exact) mass is 421 g/mol. The second kappa shape index (κ2) is 8.76. The fourth-order valence-electron chi connectivity index (χ4n) is 2.42. The summed E-state index contributed by atoms with van der Waals surface area (Å²) in [7, 11) is -8.85. The summed E-state index contributed by atoms with van der Waals surface area (Å²) in [5, 5.41) is 0. The number of rotatable bonds is 10. The molecule has 5 nitrogen and oxygen atoms in total. The van der Waals surface area contributed by atoms with Crippen LogP contribution >= 0.6 is 0 Å². The molecule has 0 saturated carbocycles. The van der Waals surface area contributed by atoms with E-state index in [0.717, 1.165) is 6.42 Å². The smallest absolute Gasteiger partial charge is 0.417 e. The number of carbonyl (C=O) groups is 1. The summed E-state index contributed by atoms with van der Waals surface area (Å²) in [6.45, 7) is 23.3. The van der Waals surface area contributed by atoms with Gasteiger partial charge in [0.2, 0.25) is 5.91 Å². The van der Waals surface area contributed by atoms with Gasteiger partial charge in [-0.25, -0.2) is 0 Å². The molecular formula is C16H39NO4Si4. The fourth-order valence-corrected chi connectivity index (χ4v) is 17.1. The molecule has 9 heteroatoms. The van der Waals surface area contributed by atoms with Gasteiger partial charge in [-0.3, -0.25) is 4.79 Å². The van der Waals surface area contributed by atoms with E-state index in [1.807, 2.05) is 6.08 Å². The first-order valence-corrected chi connectivity index (χ1v) is 21.0. The molecule has 0 fully saturated rings. The highest BCUT2D eigenvalue weighted by Crippen LogP contribution is 2.38. The third-order valence-corrected chi connectivity index (χ3v) is 15.3. The third-order valence-electron chi connectivity index (χ3n) is 3.08. The molecule has 148 valence electrons. The number of carbonyl (C=O) groups excluding carboxylic acids is 1. The van der Waals surface area contributed by atoms with Crippen molar-refractivity contribution in [3.63, 3.8) is 0 Å². The SMILES string of the molecule is CCC(C=C(C)C(N)=O)[Si](O[Si](C)(C)C)(O[Si](C)(C)C)O[Si](C)(C)C. The molecule has 0 radical (unpaired) electrons. The Morgan fingerprint density at radius 1 is 0.880 bits per heavy atom. The maximum absolute atomic E-state index is 11.6. The second-order valence-electron chi connectivity index (χ2n) is 9.48. The van der Waals surface area contributed by atoms with E-state index in [1.54, 1.807) is 6.92 Å². The van der Waals surface area contributed by atoms with Gasteiger partial charge in [-0.05, 0) is 72.3 Å². The standard InChI is InChI=1S/C16H39NO4Si4/c1-12-15(13-14(2)16(17)18)25(19-22(3,4)5,20-23(6,7)8)21-24(9,10)11/h13,15H,12H2,1-11H3,(H2,17,18). The van der Waals surface area contributed by atoms with Crippen molar-refractivity contribution in [2.24, 2.45) is 5.73 Å². The maximum atomic E-state index is 11.6. The molecule has 0 aliphatic heterocycles. The first-order valence-electron chi connectivity index (χ1n) is 8.99. The van der Waals surface area contributed by atoms with E-state index < -0.39 is 39.7 Å². The zero-order valence-electron chi connectivity index (χ0n) is 18.1. The quantitative estimate of drug-likeness (QED) is 0.410. The van der Waals surface area contributed by atoms with E-state index >= 15 is 0 Å². The molecule has 1 atom stereocenters. The van der Waals surface area contributed by atoms with E-state index in [9.17, 15) is 4.79 Å². The van der Waals surface area contributed by atoms with Gasteiger partial charge in [0, 0.05) is 11.1 Å². The molecule has 0 spiro atoms. The van der Waals surface area contributed by atoms with Crippen molar-refractivity contribution >= 4 is 39.7 Å². The van der Waals surface area contributed by atoms with Crippen LogP contribution in [0.3, 0.4) is 0 Å². The maximum Gasteiger partial charge on any atom is 0.476 e. The molecule has 0 aromatic heterocycles. The molecule has 1 amide bonds. The highest BCUT2D eigenvalue weighted by atomic mass is 28.5. The normalized spacial score (nSPS) is 16.0. The highest BCUT2D eigenvalue weighted by Gasteiger charge is 2.54. The Kier molecular flexibility index (Phi) is 8.75. The van der Waals surface area contributed by atoms with Gasteiger partial charge in [0.15, 0.2) is 25.0 Å². The van der Waals surface area contributed by atoms with E-state index in [0.29, 0.717) is 5.57 Å². The molecule has 0 aliphatic carbocycles. The fraction of sp³-hybridized carbons (Fsp3) is 0.812. The van der Waals surface area contributed by atoms with Gasteiger partial charge in [0.05, 0.1) is 0 Å². The van der Waals surface area contributed by atoms with Crippen LogP contribution in [0.1, 0.15) is 20.3 Å². The van der Waals surface area contributed by atoms with Crippen LogP contribution in [0.4, 0.5) is 0 Å². The van der Waals surface area contributed by atoms with Crippen LogP contribution in [-0.2, 0) is 17.1 Å². The Balaban J connectivity index is 6.35. The number of allylic oxidation sites excluding steroid dienone is 1. The lowest BCUT2D eigenvalue weighted by molar-refractivity contribution is -0.114. The summed E-state index contributed by atoms with van der Waals surface area (Å²) in [6.07, 6.45) is 2.71. The van der Waals surface area contributed by atoms with Crippen LogP contribution in [0.15, 0.2) is 11.6 Å². The second-order valence-corrected chi connectivity index (χ2v) is 26.5. The van der Waals surface area contributed by atoms with Crippen molar-refractivity contribution in [1.29, 1.82) is 0 Å². The van der Waals surface area contributed by atoms with Crippen molar-refractivity contribution in [3.8, 4) is 0 Å². The summed E-state index contributed by atoms with van der Waals surface area (Å²) >= 11 is 0. The summed E-state index contributed by atoms with van der Waals surface area (Å²) in [5.74, 6) is -0.407. The topological polar surface area (TPSA) is 70.8 Å². The number of hydrogen-bond donors (Lipinski definition) is 1. The average molecular weight is 422 g/mol. The molecule has 25 heavy (non-hydrogen) atoms. The Morgan fingerprint density at radius 3 is 1.40 bits per heavy atom. The Hall–Kier alpha value is -0.0425. The van der Waals surface area contributed by atoms with Gasteiger partial charge in [-0.15, -0.1) is 0 Å². The number of hydrogen-bond acceptors (Lipinski definition) is 4. The van der Waals surface area contributed by atoms with Crippen LogP contribution in [0.25, 0.3) is 0 Å². The van der Waals surface area contributed by atoms with Gasteiger partial charge >= 0.3 is 8.80 Å². The highest BCUT2D eigenvalue weighted by molar-refractivity contribution is 6.90. The molecule has 0 aromatic rings. The van der Waals surface area contributed by atoms with Crippen LogP contribution in [0.2, 0.25) is 64.5 Å². The summed E-state index contributed by atoms with van der Waals surface area (Å²) in [4.78, 5) is 11.6. The number of nitrogens with two attached hydrogens (primary N) is 1. The van der Waals surface area contributed by atoms with Crippen LogP contribution < -0.4 is 5.73 Å². The predicted molar refractivity (Wildman–Crippen MR) is 116 cm³/mol. The van der Waals surface area contributed by atoms with Crippen LogP contribution in [0.5, 0.6) is 0 Å².